The third-order valence-corrected chi connectivity index (χ3v) is 3.36. The summed E-state index contributed by atoms with van der Waals surface area (Å²) in [5.74, 6) is 0.780. The molecule has 106 valence electrons. The lowest BCUT2D eigenvalue weighted by molar-refractivity contribution is 1.47. The van der Waals surface area contributed by atoms with Crippen LogP contribution in [-0.2, 0) is 0 Å². The molecular weight excluding hydrogens is 280 g/mol. The Morgan fingerprint density at radius 1 is 0.952 bits per heavy atom. The van der Waals surface area contributed by atoms with Crippen molar-refractivity contribution in [2.45, 2.75) is 6.92 Å². The highest BCUT2D eigenvalue weighted by Crippen LogP contribution is 2.32. The minimum absolute atomic E-state index is 0.559. The summed E-state index contributed by atoms with van der Waals surface area (Å²) in [7, 11) is 0. The van der Waals surface area contributed by atoms with Gasteiger partial charge in [0.25, 0.3) is 0 Å². The largest absolute Gasteiger partial charge is 0.341 e. The summed E-state index contributed by atoms with van der Waals surface area (Å²) >= 11 is 5.33. The Balaban J connectivity index is 1.66. The SMILES string of the molecule is C=C1Nc2ccc(NC(=S)Nc3ccc(C)cc3)cc2N1. The first-order chi connectivity index (χ1) is 10.1. The van der Waals surface area contributed by atoms with Crippen molar-refractivity contribution in [1.82, 2.24) is 0 Å². The number of hydrogen-bond acceptors (Lipinski definition) is 3. The molecule has 0 spiro atoms. The quantitative estimate of drug-likeness (QED) is 0.628. The first kappa shape index (κ1) is 13.5. The summed E-state index contributed by atoms with van der Waals surface area (Å²) in [4.78, 5) is 0. The molecule has 0 amide bonds. The van der Waals surface area contributed by atoms with Gasteiger partial charge < -0.3 is 21.3 Å². The van der Waals surface area contributed by atoms with Crippen molar-refractivity contribution in [2.75, 3.05) is 21.3 Å². The van der Waals surface area contributed by atoms with Gasteiger partial charge in [-0.3, -0.25) is 0 Å². The molecule has 0 bridgehead atoms. The third-order valence-electron chi connectivity index (χ3n) is 3.16. The zero-order valence-corrected chi connectivity index (χ0v) is 12.5. The summed E-state index contributed by atoms with van der Waals surface area (Å²) in [5.41, 5.74) is 5.11. The third kappa shape index (κ3) is 3.14. The molecule has 0 radical (unpaired) electrons. The fourth-order valence-electron chi connectivity index (χ4n) is 2.12. The normalized spacial score (nSPS) is 12.1. The molecule has 0 aromatic heterocycles. The van der Waals surface area contributed by atoms with Crippen LogP contribution >= 0.6 is 12.2 Å². The summed E-state index contributed by atoms with van der Waals surface area (Å²) in [6.07, 6.45) is 0. The van der Waals surface area contributed by atoms with Gasteiger partial charge in [-0.05, 0) is 49.5 Å². The maximum Gasteiger partial charge on any atom is 0.175 e. The first-order valence-electron chi connectivity index (χ1n) is 6.62. The Labute approximate surface area is 129 Å². The Morgan fingerprint density at radius 2 is 1.57 bits per heavy atom. The van der Waals surface area contributed by atoms with Crippen molar-refractivity contribution in [3.8, 4) is 0 Å². The van der Waals surface area contributed by atoms with E-state index in [1.54, 1.807) is 0 Å². The van der Waals surface area contributed by atoms with Gasteiger partial charge in [-0.1, -0.05) is 24.3 Å². The molecular formula is C16H16N4S. The second kappa shape index (κ2) is 5.46. The van der Waals surface area contributed by atoms with Crippen LogP contribution < -0.4 is 21.3 Å². The smallest absolute Gasteiger partial charge is 0.175 e. The highest BCUT2D eigenvalue weighted by atomic mass is 32.1. The molecule has 4 nitrogen and oxygen atoms in total. The van der Waals surface area contributed by atoms with Gasteiger partial charge in [-0.15, -0.1) is 0 Å². The molecule has 0 saturated carbocycles. The molecule has 5 heteroatoms. The molecule has 21 heavy (non-hydrogen) atoms. The van der Waals surface area contributed by atoms with Gasteiger partial charge in [0.2, 0.25) is 0 Å². The molecule has 1 heterocycles. The van der Waals surface area contributed by atoms with Gasteiger partial charge in [-0.25, -0.2) is 0 Å². The summed E-state index contributed by atoms with van der Waals surface area (Å²) in [6.45, 7) is 5.90. The van der Waals surface area contributed by atoms with Gasteiger partial charge >= 0.3 is 0 Å². The average Bonchev–Trinajstić information content (AvgIpc) is 2.80. The van der Waals surface area contributed by atoms with Gasteiger partial charge in [0.05, 0.1) is 11.4 Å². The molecule has 0 unspecified atom stereocenters. The molecule has 0 atom stereocenters. The highest BCUT2D eigenvalue weighted by Gasteiger charge is 2.12. The summed E-state index contributed by atoms with van der Waals surface area (Å²) in [6, 6.07) is 14.0. The number of aryl methyl sites for hydroxylation is 1. The lowest BCUT2D eigenvalue weighted by atomic mass is 10.2. The van der Waals surface area contributed by atoms with Crippen LogP contribution in [0, 0.1) is 6.92 Å². The Hall–Kier alpha value is -2.53. The van der Waals surface area contributed by atoms with E-state index in [1.807, 2.05) is 42.5 Å². The second-order valence-corrected chi connectivity index (χ2v) is 5.34. The maximum absolute atomic E-state index is 5.33. The Bertz CT molecular complexity index is 707. The van der Waals surface area contributed by atoms with Crippen molar-refractivity contribution >= 4 is 40.1 Å². The Morgan fingerprint density at radius 3 is 2.33 bits per heavy atom. The highest BCUT2D eigenvalue weighted by molar-refractivity contribution is 7.80. The van der Waals surface area contributed by atoms with Crippen LogP contribution in [0.25, 0.3) is 0 Å². The molecule has 0 saturated heterocycles. The van der Waals surface area contributed by atoms with Crippen LogP contribution in [0.4, 0.5) is 22.7 Å². The van der Waals surface area contributed by atoms with Crippen LogP contribution in [0.1, 0.15) is 5.56 Å². The van der Waals surface area contributed by atoms with Crippen molar-refractivity contribution in [3.05, 3.63) is 60.4 Å². The number of benzene rings is 2. The molecule has 1 aliphatic rings. The first-order valence-corrected chi connectivity index (χ1v) is 7.03. The van der Waals surface area contributed by atoms with Gasteiger partial charge in [-0.2, -0.15) is 0 Å². The molecule has 4 N–H and O–H groups in total. The van der Waals surface area contributed by atoms with E-state index in [0.717, 1.165) is 28.6 Å². The van der Waals surface area contributed by atoms with E-state index in [0.29, 0.717) is 5.11 Å². The predicted octanol–water partition coefficient (Wildman–Crippen LogP) is 4.11. The standard InChI is InChI=1S/C16H16N4S/c1-10-3-5-12(6-4-10)19-16(21)20-13-7-8-14-15(9-13)18-11(2)17-14/h3-9,17-18H,2H2,1H3,(H2,19,20,21). The molecule has 2 aromatic rings. The van der Waals surface area contributed by atoms with Crippen molar-refractivity contribution in [3.63, 3.8) is 0 Å². The number of thiocarbonyl (C=S) groups is 1. The monoisotopic (exact) mass is 296 g/mol. The summed E-state index contributed by atoms with van der Waals surface area (Å²) < 4.78 is 0. The van der Waals surface area contributed by atoms with Crippen LogP contribution in [0.3, 0.4) is 0 Å². The van der Waals surface area contributed by atoms with Gasteiger partial charge in [0.1, 0.15) is 5.82 Å². The number of fused-ring (bicyclic) bond motifs is 1. The maximum atomic E-state index is 5.33. The number of nitrogens with one attached hydrogen (secondary N) is 4. The average molecular weight is 296 g/mol. The lowest BCUT2D eigenvalue weighted by Gasteiger charge is -2.11. The van der Waals surface area contributed by atoms with Crippen LogP contribution in [-0.4, -0.2) is 5.11 Å². The molecule has 0 aliphatic carbocycles. The molecule has 1 aliphatic heterocycles. The Kier molecular flexibility index (Phi) is 3.50. The van der Waals surface area contributed by atoms with Crippen molar-refractivity contribution < 1.29 is 0 Å². The molecule has 2 aromatic carbocycles. The van der Waals surface area contributed by atoms with Crippen LogP contribution in [0.15, 0.2) is 54.9 Å². The van der Waals surface area contributed by atoms with E-state index in [9.17, 15) is 0 Å². The van der Waals surface area contributed by atoms with Gasteiger partial charge in [0.15, 0.2) is 5.11 Å². The minimum Gasteiger partial charge on any atom is -0.341 e. The number of anilines is 4. The fourth-order valence-corrected chi connectivity index (χ4v) is 2.36. The topological polar surface area (TPSA) is 48.1 Å². The lowest BCUT2D eigenvalue weighted by Crippen LogP contribution is -2.18. The van der Waals surface area contributed by atoms with E-state index in [1.165, 1.54) is 5.56 Å². The van der Waals surface area contributed by atoms with E-state index >= 15 is 0 Å². The van der Waals surface area contributed by atoms with E-state index in [4.69, 9.17) is 12.2 Å². The van der Waals surface area contributed by atoms with E-state index in [2.05, 4.69) is 34.8 Å². The molecule has 3 rings (SSSR count). The van der Waals surface area contributed by atoms with Crippen molar-refractivity contribution in [1.29, 1.82) is 0 Å². The zero-order valence-electron chi connectivity index (χ0n) is 11.7. The minimum atomic E-state index is 0.559. The summed E-state index contributed by atoms with van der Waals surface area (Å²) in [5, 5.41) is 13.2. The van der Waals surface area contributed by atoms with Gasteiger partial charge in [0, 0.05) is 11.4 Å². The number of rotatable bonds is 2. The second-order valence-electron chi connectivity index (χ2n) is 4.93. The molecule has 0 fully saturated rings. The fraction of sp³-hybridized carbons (Fsp3) is 0.0625. The zero-order chi connectivity index (χ0) is 14.8. The predicted molar refractivity (Wildman–Crippen MR) is 93.8 cm³/mol. The van der Waals surface area contributed by atoms with E-state index in [-0.39, 0.29) is 0 Å². The van der Waals surface area contributed by atoms with E-state index < -0.39 is 0 Å². The van der Waals surface area contributed by atoms with Crippen LogP contribution in [0.5, 0.6) is 0 Å². The number of hydrogen-bond donors (Lipinski definition) is 4. The van der Waals surface area contributed by atoms with Crippen LogP contribution in [0.2, 0.25) is 0 Å². The van der Waals surface area contributed by atoms with Crippen molar-refractivity contribution in [2.24, 2.45) is 0 Å².